The van der Waals surface area contributed by atoms with E-state index in [1.54, 1.807) is 18.4 Å². The van der Waals surface area contributed by atoms with Gasteiger partial charge in [0, 0.05) is 10.5 Å². The number of nitrogen functional groups attached to an aromatic ring is 1. The fourth-order valence-corrected chi connectivity index (χ4v) is 10.4. The number of halogens is 4. The third-order valence-electron chi connectivity index (χ3n) is 4.62. The summed E-state index contributed by atoms with van der Waals surface area (Å²) in [6.45, 7) is 1.40. The second-order valence-corrected chi connectivity index (χ2v) is 14.4. The van der Waals surface area contributed by atoms with E-state index >= 15 is 0 Å². The van der Waals surface area contributed by atoms with Crippen molar-refractivity contribution in [3.63, 3.8) is 0 Å². The normalized spacial score (nSPS) is 12.9. The van der Waals surface area contributed by atoms with Crippen LogP contribution in [0.2, 0.25) is 0 Å². The number of aryl methyl sites for hydroxylation is 1. The van der Waals surface area contributed by atoms with Crippen molar-refractivity contribution in [2.45, 2.75) is 32.0 Å². The largest absolute Gasteiger partial charge is 0.490 e. The summed E-state index contributed by atoms with van der Waals surface area (Å²) in [5.41, 5.74) is 5.05. The third-order valence-corrected chi connectivity index (χ3v) is 12.2. The molecule has 4 N–H and O–H groups in total. The van der Waals surface area contributed by atoms with E-state index < -0.39 is 47.4 Å². The van der Waals surface area contributed by atoms with Gasteiger partial charge in [-0.15, -0.1) is 23.1 Å². The highest BCUT2D eigenvalue weighted by molar-refractivity contribution is 9.10. The average Bonchev–Trinajstić information content (AvgIpc) is 3.29. The predicted octanol–water partition coefficient (Wildman–Crippen LogP) is 5.64. The van der Waals surface area contributed by atoms with E-state index in [1.807, 2.05) is 0 Å². The van der Waals surface area contributed by atoms with E-state index in [4.69, 9.17) is 21.0 Å². The van der Waals surface area contributed by atoms with Crippen LogP contribution in [0.5, 0.6) is 0 Å². The zero-order valence-corrected chi connectivity index (χ0v) is 25.0. The van der Waals surface area contributed by atoms with Gasteiger partial charge >= 0.3 is 12.1 Å². The van der Waals surface area contributed by atoms with Crippen molar-refractivity contribution in [3.05, 3.63) is 73.6 Å². The first-order valence-corrected chi connectivity index (χ1v) is 16.0. The predicted molar refractivity (Wildman–Crippen MR) is 147 cm³/mol. The van der Waals surface area contributed by atoms with Gasteiger partial charge < -0.3 is 10.8 Å². The third kappa shape index (κ3) is 7.59. The Kier molecular flexibility index (Phi) is 10.5. The van der Waals surface area contributed by atoms with Crippen molar-refractivity contribution >= 4 is 76.3 Å². The number of hydrogen-bond acceptors (Lipinski definition) is 9. The minimum Gasteiger partial charge on any atom is -0.475 e. The van der Waals surface area contributed by atoms with Crippen LogP contribution >= 0.6 is 39.0 Å². The minimum absolute atomic E-state index is 0.0723. The van der Waals surface area contributed by atoms with Gasteiger partial charge in [-0.1, -0.05) is 37.9 Å². The highest BCUT2D eigenvalue weighted by Crippen LogP contribution is 2.40. The highest BCUT2D eigenvalue weighted by Gasteiger charge is 2.38. The molecule has 0 fully saturated rings. The maximum absolute atomic E-state index is 14.5. The molecule has 0 saturated heterocycles. The molecule has 1 atom stereocenters. The van der Waals surface area contributed by atoms with E-state index in [2.05, 4.69) is 19.7 Å². The summed E-state index contributed by atoms with van der Waals surface area (Å²) in [4.78, 5) is 19.4. The van der Waals surface area contributed by atoms with Gasteiger partial charge in [-0.05, 0) is 43.0 Å². The van der Waals surface area contributed by atoms with E-state index in [0.29, 0.717) is 13.6 Å². The second kappa shape index (κ2) is 12.7. The molecule has 0 radical (unpaired) electrons. The van der Waals surface area contributed by atoms with Crippen molar-refractivity contribution in [3.8, 4) is 0 Å². The molecule has 0 aliphatic rings. The Morgan fingerprint density at radius 3 is 2.25 bits per heavy atom. The van der Waals surface area contributed by atoms with E-state index in [0.717, 1.165) is 17.4 Å². The molecule has 0 aliphatic carbocycles. The number of thioether (sulfide) groups is 1. The number of carbonyl (C=O) groups is 1. The molecule has 216 valence electrons. The number of nitrogens with two attached hydrogens (primary N) is 1. The number of alkyl halides is 3. The second-order valence-electron chi connectivity index (χ2n) is 7.40. The molecule has 19 heteroatoms. The lowest BCUT2D eigenvalue weighted by atomic mass is 10.2. The summed E-state index contributed by atoms with van der Waals surface area (Å²) in [7, 11) is -8.63. The first-order valence-electron chi connectivity index (χ1n) is 10.2. The Labute approximate surface area is 242 Å². The fourth-order valence-electron chi connectivity index (χ4n) is 2.97. The number of amidine groups is 1. The molecule has 0 saturated carbocycles. The van der Waals surface area contributed by atoms with Gasteiger partial charge in [0.05, 0.1) is 23.8 Å². The topological polar surface area (TPSA) is 194 Å². The number of nitrogens with zero attached hydrogens (tertiary/aromatic N) is 2. The number of thiophene rings is 1. The van der Waals surface area contributed by atoms with Crippen molar-refractivity contribution < 1.29 is 40.6 Å². The van der Waals surface area contributed by atoms with Crippen LogP contribution in [0.15, 0.2) is 75.7 Å². The van der Waals surface area contributed by atoms with Crippen LogP contribution in [0.4, 0.5) is 18.9 Å². The van der Waals surface area contributed by atoms with Crippen molar-refractivity contribution in [1.29, 1.82) is 5.41 Å². The average molecular weight is 704 g/mol. The number of carboxylic acid groups (broad SMARTS) is 1. The van der Waals surface area contributed by atoms with Gasteiger partial charge in [-0.2, -0.15) is 21.6 Å². The summed E-state index contributed by atoms with van der Waals surface area (Å²) < 4.78 is 77.9. The lowest BCUT2D eigenvalue weighted by Crippen LogP contribution is -2.21. The summed E-state index contributed by atoms with van der Waals surface area (Å²) >= 11 is 5.59. The molecule has 0 aliphatic heterocycles. The molecule has 1 aromatic heterocycles. The molecule has 0 spiro atoms. The van der Waals surface area contributed by atoms with Crippen LogP contribution in [0, 0.1) is 22.4 Å². The molecule has 2 aromatic carbocycles. The lowest BCUT2D eigenvalue weighted by molar-refractivity contribution is -0.387. The summed E-state index contributed by atoms with van der Waals surface area (Å²) in [6.07, 6.45) is -3.37. The zero-order valence-electron chi connectivity index (χ0n) is 20.1. The van der Waals surface area contributed by atoms with Gasteiger partial charge in [-0.25, -0.2) is 9.00 Å². The van der Waals surface area contributed by atoms with Crippen LogP contribution in [0.25, 0.3) is 0 Å². The van der Waals surface area contributed by atoms with E-state index in [-0.39, 0.29) is 21.2 Å². The molecular weight excluding hydrogens is 685 g/mol. The first kappa shape index (κ1) is 33.2. The van der Waals surface area contributed by atoms with Gasteiger partial charge in [0.15, 0.2) is 4.90 Å². The molecule has 1 unspecified atom stereocenters. The Hall–Kier alpha value is -3.00. The maximum atomic E-state index is 14.5. The number of benzene rings is 2. The number of nitrogens with one attached hydrogen (secondary N) is 1. The van der Waals surface area contributed by atoms with E-state index in [9.17, 15) is 35.9 Å². The number of nitro groups is 1. The zero-order chi connectivity index (χ0) is 30.6. The fraction of sp³-hybridized carbons (Fsp3) is 0.143. The monoisotopic (exact) mass is 702 g/mol. The molecule has 0 amide bonds. The molecule has 1 heterocycles. The van der Waals surface area contributed by atoms with Crippen molar-refractivity contribution in [2.75, 3.05) is 6.26 Å². The lowest BCUT2D eigenvalue weighted by Gasteiger charge is -2.12. The van der Waals surface area contributed by atoms with Crippen LogP contribution in [0.3, 0.4) is 0 Å². The van der Waals surface area contributed by atoms with Crippen LogP contribution in [-0.4, -0.2) is 46.9 Å². The van der Waals surface area contributed by atoms with Crippen molar-refractivity contribution in [1.82, 2.24) is 0 Å². The van der Waals surface area contributed by atoms with Crippen LogP contribution < -0.4 is 5.73 Å². The minimum atomic E-state index is -5.08. The number of nitro benzene ring substituents is 1. The Morgan fingerprint density at radius 2 is 1.77 bits per heavy atom. The molecule has 11 nitrogen and oxygen atoms in total. The number of aliphatic carboxylic acids is 1. The van der Waals surface area contributed by atoms with Gasteiger partial charge in [0.1, 0.15) is 15.6 Å². The van der Waals surface area contributed by atoms with Gasteiger partial charge in [0.2, 0.25) is 0 Å². The number of hydrogen-bond donors (Lipinski definition) is 3. The summed E-state index contributed by atoms with van der Waals surface area (Å²) in [6, 6.07) is 11.4. The van der Waals surface area contributed by atoms with Crippen LogP contribution in [0.1, 0.15) is 10.4 Å². The van der Waals surface area contributed by atoms with Crippen molar-refractivity contribution in [2.24, 2.45) is 9.50 Å². The summed E-state index contributed by atoms with van der Waals surface area (Å²) in [5, 5.41) is 26.4. The molecule has 0 bridgehead atoms. The molecule has 3 rings (SSSR count). The highest BCUT2D eigenvalue weighted by atomic mass is 79.9. The number of rotatable bonds is 7. The van der Waals surface area contributed by atoms with Gasteiger partial charge in [-0.3, -0.25) is 15.5 Å². The number of sulfonamides is 1. The van der Waals surface area contributed by atoms with Gasteiger partial charge in [0.25, 0.3) is 15.7 Å². The Balaban J connectivity index is 0.000000708. The number of carboxylic acids is 1. The Morgan fingerprint density at radius 1 is 1.20 bits per heavy atom. The maximum Gasteiger partial charge on any atom is 0.490 e. The van der Waals surface area contributed by atoms with E-state index in [1.165, 1.54) is 49.0 Å². The van der Waals surface area contributed by atoms with Crippen LogP contribution in [-0.2, 0) is 24.5 Å². The first-order chi connectivity index (χ1) is 18.3. The molecular formula is C21H18BrF3N4O7S4. The molecule has 3 aromatic rings. The SMILES string of the molecule is CSc1sc(C(=N)N)cc1S(=O)(=NS(=O)(=O)c1c(C)cccc1[N+](=O)[O-])c1cccc(Br)c1.O=C(O)C(F)(F)F. The summed E-state index contributed by atoms with van der Waals surface area (Å²) in [5.74, 6) is -3.03. The standard InChI is InChI=1S/C19H17BrN4O5S4.C2HF3O2/c1-11-5-3-8-14(24(25)26)17(11)33(28,29)23-32(27,13-7-4-6-12(20)9-13)16-10-15(18(21)22)31-19(16)30-2;3-2(4,5)1(6)7/h3-10H,1-2H3,(H3,21,22);(H,6,7). The smallest absolute Gasteiger partial charge is 0.475 e. The molecule has 40 heavy (non-hydrogen) atoms. The quantitative estimate of drug-likeness (QED) is 0.0918. The Bertz CT molecular complexity index is 1720.